The Hall–Kier alpha value is -2.12. The molecule has 0 radical (unpaired) electrons. The summed E-state index contributed by atoms with van der Waals surface area (Å²) in [5.74, 6) is 0.724. The summed E-state index contributed by atoms with van der Waals surface area (Å²) in [5, 5.41) is 12.3. The number of rotatable bonds is 4. The minimum absolute atomic E-state index is 0.592. The Labute approximate surface area is 117 Å². The third-order valence-electron chi connectivity index (χ3n) is 2.72. The number of anilines is 2. The Balaban J connectivity index is 2.28. The van der Waals surface area contributed by atoms with E-state index >= 15 is 0 Å². The summed E-state index contributed by atoms with van der Waals surface area (Å²) in [6.07, 6.45) is 2.04. The average molecular weight is 270 g/mol. The molecule has 2 rings (SSSR count). The zero-order valence-corrected chi connectivity index (χ0v) is 11.6. The van der Waals surface area contributed by atoms with Gasteiger partial charge in [-0.15, -0.1) is 11.8 Å². The van der Waals surface area contributed by atoms with Crippen molar-refractivity contribution in [2.45, 2.75) is 4.90 Å². The molecule has 0 atom stereocenters. The SMILES string of the molecule is COc1ccc(C#N)c(Nc2ccc(SC)cc2)c1. The molecule has 2 aromatic carbocycles. The minimum atomic E-state index is 0.592. The third kappa shape index (κ3) is 3.21. The highest BCUT2D eigenvalue weighted by Gasteiger charge is 2.04. The highest BCUT2D eigenvalue weighted by molar-refractivity contribution is 7.98. The van der Waals surface area contributed by atoms with Crippen LogP contribution in [0.15, 0.2) is 47.4 Å². The van der Waals surface area contributed by atoms with E-state index in [4.69, 9.17) is 10.00 Å². The number of nitrogens with zero attached hydrogens (tertiary/aromatic N) is 1. The molecule has 0 aliphatic heterocycles. The van der Waals surface area contributed by atoms with Gasteiger partial charge in [-0.25, -0.2) is 0 Å². The molecule has 19 heavy (non-hydrogen) atoms. The molecule has 1 N–H and O–H groups in total. The van der Waals surface area contributed by atoms with E-state index in [1.807, 2.05) is 36.6 Å². The van der Waals surface area contributed by atoms with Gasteiger partial charge in [0.25, 0.3) is 0 Å². The van der Waals surface area contributed by atoms with Gasteiger partial charge in [-0.05, 0) is 42.7 Å². The number of nitriles is 1. The first-order valence-electron chi connectivity index (χ1n) is 5.76. The van der Waals surface area contributed by atoms with Crippen molar-refractivity contribution in [3.63, 3.8) is 0 Å². The Bertz CT molecular complexity index is 603. The average Bonchev–Trinajstić information content (AvgIpc) is 2.48. The van der Waals surface area contributed by atoms with Crippen molar-refractivity contribution in [3.8, 4) is 11.8 Å². The van der Waals surface area contributed by atoms with Gasteiger partial charge in [0.2, 0.25) is 0 Å². The van der Waals surface area contributed by atoms with Gasteiger partial charge in [-0.1, -0.05) is 0 Å². The van der Waals surface area contributed by atoms with E-state index in [0.717, 1.165) is 17.1 Å². The molecule has 0 aliphatic rings. The van der Waals surface area contributed by atoms with E-state index in [-0.39, 0.29) is 0 Å². The fourth-order valence-electron chi connectivity index (χ4n) is 1.68. The normalized spacial score (nSPS) is 9.74. The lowest BCUT2D eigenvalue weighted by molar-refractivity contribution is 0.415. The van der Waals surface area contributed by atoms with E-state index in [2.05, 4.69) is 11.4 Å². The molecule has 0 bridgehead atoms. The molecule has 0 spiro atoms. The number of hydrogen-bond donors (Lipinski definition) is 1. The van der Waals surface area contributed by atoms with Crippen LogP contribution in [0.4, 0.5) is 11.4 Å². The van der Waals surface area contributed by atoms with Gasteiger partial charge in [0.15, 0.2) is 0 Å². The number of thioether (sulfide) groups is 1. The van der Waals surface area contributed by atoms with E-state index in [1.165, 1.54) is 4.90 Å². The summed E-state index contributed by atoms with van der Waals surface area (Å²) in [5.41, 5.74) is 2.29. The summed E-state index contributed by atoms with van der Waals surface area (Å²) in [7, 11) is 1.61. The topological polar surface area (TPSA) is 45.0 Å². The number of nitrogens with one attached hydrogen (secondary N) is 1. The molecular formula is C15H14N2OS. The second kappa shape index (κ2) is 6.17. The Morgan fingerprint density at radius 3 is 2.47 bits per heavy atom. The summed E-state index contributed by atoms with van der Waals surface area (Å²) >= 11 is 1.70. The molecule has 0 aromatic heterocycles. The molecule has 0 aliphatic carbocycles. The van der Waals surface area contributed by atoms with Crippen LogP contribution < -0.4 is 10.1 Å². The minimum Gasteiger partial charge on any atom is -0.497 e. The quantitative estimate of drug-likeness (QED) is 0.852. The highest BCUT2D eigenvalue weighted by Crippen LogP contribution is 2.26. The van der Waals surface area contributed by atoms with Crippen molar-refractivity contribution in [2.75, 3.05) is 18.7 Å². The van der Waals surface area contributed by atoms with E-state index in [1.54, 1.807) is 31.0 Å². The lowest BCUT2D eigenvalue weighted by Crippen LogP contribution is -1.94. The number of benzene rings is 2. The van der Waals surface area contributed by atoms with Crippen LogP contribution in [0.2, 0.25) is 0 Å². The predicted octanol–water partition coefficient (Wildman–Crippen LogP) is 4.03. The molecule has 0 unspecified atom stereocenters. The zero-order chi connectivity index (χ0) is 13.7. The van der Waals surface area contributed by atoms with Crippen molar-refractivity contribution in [1.82, 2.24) is 0 Å². The van der Waals surface area contributed by atoms with Gasteiger partial charge in [0.1, 0.15) is 11.8 Å². The predicted molar refractivity (Wildman–Crippen MR) is 79.2 cm³/mol. The smallest absolute Gasteiger partial charge is 0.121 e. The van der Waals surface area contributed by atoms with Gasteiger partial charge in [-0.3, -0.25) is 0 Å². The molecule has 2 aromatic rings. The monoisotopic (exact) mass is 270 g/mol. The fourth-order valence-corrected chi connectivity index (χ4v) is 2.09. The first-order chi connectivity index (χ1) is 9.26. The number of hydrogen-bond acceptors (Lipinski definition) is 4. The van der Waals surface area contributed by atoms with Gasteiger partial charge < -0.3 is 10.1 Å². The third-order valence-corrected chi connectivity index (χ3v) is 3.46. The summed E-state index contributed by atoms with van der Waals surface area (Å²) in [4.78, 5) is 1.21. The molecule has 4 heteroatoms. The second-order valence-corrected chi connectivity index (χ2v) is 4.76. The largest absolute Gasteiger partial charge is 0.497 e. The Kier molecular flexibility index (Phi) is 4.32. The van der Waals surface area contributed by atoms with Crippen molar-refractivity contribution in [2.24, 2.45) is 0 Å². The van der Waals surface area contributed by atoms with Crippen molar-refractivity contribution in [3.05, 3.63) is 48.0 Å². The lowest BCUT2D eigenvalue weighted by atomic mass is 10.1. The van der Waals surface area contributed by atoms with Crippen LogP contribution in [-0.2, 0) is 0 Å². The highest BCUT2D eigenvalue weighted by atomic mass is 32.2. The Morgan fingerprint density at radius 2 is 1.89 bits per heavy atom. The van der Waals surface area contributed by atoms with Crippen molar-refractivity contribution in [1.29, 1.82) is 5.26 Å². The molecule has 96 valence electrons. The van der Waals surface area contributed by atoms with E-state index < -0.39 is 0 Å². The maximum Gasteiger partial charge on any atom is 0.121 e. The first-order valence-corrected chi connectivity index (χ1v) is 6.98. The molecule has 0 fully saturated rings. The van der Waals surface area contributed by atoms with E-state index in [0.29, 0.717) is 5.56 Å². The van der Waals surface area contributed by atoms with Crippen LogP contribution in [0.3, 0.4) is 0 Å². The molecule has 3 nitrogen and oxygen atoms in total. The molecule has 0 saturated carbocycles. The number of methoxy groups -OCH3 is 1. The van der Waals surface area contributed by atoms with Crippen molar-refractivity contribution < 1.29 is 4.74 Å². The van der Waals surface area contributed by atoms with Crippen LogP contribution in [0.1, 0.15) is 5.56 Å². The molecule has 0 amide bonds. The van der Waals surface area contributed by atoms with Crippen LogP contribution in [-0.4, -0.2) is 13.4 Å². The van der Waals surface area contributed by atoms with Gasteiger partial charge in [-0.2, -0.15) is 5.26 Å². The van der Waals surface area contributed by atoms with Crippen LogP contribution in [0, 0.1) is 11.3 Å². The van der Waals surface area contributed by atoms with Crippen molar-refractivity contribution >= 4 is 23.1 Å². The molecule has 0 saturated heterocycles. The van der Waals surface area contributed by atoms with Gasteiger partial charge in [0.05, 0.1) is 18.4 Å². The molecular weight excluding hydrogens is 256 g/mol. The lowest BCUT2D eigenvalue weighted by Gasteiger charge is -2.10. The first kappa shape index (κ1) is 13.3. The fraction of sp³-hybridized carbons (Fsp3) is 0.133. The van der Waals surface area contributed by atoms with E-state index in [9.17, 15) is 0 Å². The maximum atomic E-state index is 9.11. The standard InChI is InChI=1S/C15H14N2OS/c1-18-13-6-3-11(10-16)15(9-13)17-12-4-7-14(19-2)8-5-12/h3-9,17H,1-2H3. The van der Waals surface area contributed by atoms with Crippen LogP contribution >= 0.6 is 11.8 Å². The second-order valence-electron chi connectivity index (χ2n) is 3.88. The maximum absolute atomic E-state index is 9.11. The number of ether oxygens (including phenoxy) is 1. The van der Waals surface area contributed by atoms with Gasteiger partial charge >= 0.3 is 0 Å². The van der Waals surface area contributed by atoms with Gasteiger partial charge in [0, 0.05) is 16.6 Å². The summed E-state index contributed by atoms with van der Waals surface area (Å²) in [6.45, 7) is 0. The molecule has 0 heterocycles. The Morgan fingerprint density at radius 1 is 1.16 bits per heavy atom. The summed E-state index contributed by atoms with van der Waals surface area (Å²) in [6, 6.07) is 15.6. The summed E-state index contributed by atoms with van der Waals surface area (Å²) < 4.78 is 5.18. The zero-order valence-electron chi connectivity index (χ0n) is 10.8. The van der Waals surface area contributed by atoms with Crippen LogP contribution in [0.5, 0.6) is 5.75 Å². The van der Waals surface area contributed by atoms with Crippen LogP contribution in [0.25, 0.3) is 0 Å².